The number of benzene rings is 1. The van der Waals surface area contributed by atoms with E-state index in [1.165, 1.54) is 12.8 Å². The summed E-state index contributed by atoms with van der Waals surface area (Å²) in [6.45, 7) is 0. The summed E-state index contributed by atoms with van der Waals surface area (Å²) in [6, 6.07) is 7.73. The molecule has 86 valence electrons. The van der Waals surface area contributed by atoms with Crippen molar-refractivity contribution in [3.05, 3.63) is 29.8 Å². The molecule has 1 unspecified atom stereocenters. The highest BCUT2D eigenvalue weighted by atomic mass is 79.9. The molecular weight excluding hydrogens is 268 g/mol. The van der Waals surface area contributed by atoms with E-state index in [0.717, 1.165) is 30.4 Å². The van der Waals surface area contributed by atoms with Crippen LogP contribution in [-0.2, 0) is 4.79 Å². The third kappa shape index (κ3) is 2.85. The van der Waals surface area contributed by atoms with E-state index in [1.54, 1.807) is 0 Å². The van der Waals surface area contributed by atoms with E-state index in [4.69, 9.17) is 4.74 Å². The van der Waals surface area contributed by atoms with Crippen LogP contribution in [0.2, 0.25) is 0 Å². The molecule has 3 heteroatoms. The Morgan fingerprint density at radius 3 is 2.44 bits per heavy atom. The van der Waals surface area contributed by atoms with Crippen LogP contribution in [0.5, 0.6) is 5.75 Å². The second-order valence-electron chi connectivity index (χ2n) is 4.13. The first-order valence-corrected chi connectivity index (χ1v) is 6.57. The van der Waals surface area contributed by atoms with Crippen molar-refractivity contribution in [2.45, 2.75) is 36.6 Å². The molecule has 2 rings (SSSR count). The lowest BCUT2D eigenvalue weighted by atomic mass is 10.1. The Kier molecular flexibility index (Phi) is 3.99. The van der Waals surface area contributed by atoms with E-state index in [2.05, 4.69) is 15.9 Å². The molecule has 1 aromatic carbocycles. The summed E-state index contributed by atoms with van der Waals surface area (Å²) in [5.74, 6) is 0.904. The van der Waals surface area contributed by atoms with Crippen molar-refractivity contribution >= 4 is 22.2 Å². The molecule has 0 aliphatic heterocycles. The van der Waals surface area contributed by atoms with Gasteiger partial charge >= 0.3 is 0 Å². The third-order valence-electron chi connectivity index (χ3n) is 2.92. The van der Waals surface area contributed by atoms with E-state index >= 15 is 0 Å². The molecule has 1 saturated carbocycles. The normalized spacial score (nSPS) is 18.3. The first-order valence-electron chi connectivity index (χ1n) is 5.65. The minimum atomic E-state index is -0.215. The third-order valence-corrected chi connectivity index (χ3v) is 3.67. The Morgan fingerprint density at radius 1 is 1.25 bits per heavy atom. The maximum Gasteiger partial charge on any atom is 0.138 e. The lowest BCUT2D eigenvalue weighted by molar-refractivity contribution is -0.107. The number of halogens is 1. The average Bonchev–Trinajstić information content (AvgIpc) is 2.82. The van der Waals surface area contributed by atoms with Gasteiger partial charge in [-0.2, -0.15) is 0 Å². The van der Waals surface area contributed by atoms with Crippen LogP contribution in [0.25, 0.3) is 0 Å². The minimum Gasteiger partial charge on any atom is -0.490 e. The molecule has 0 heterocycles. The first kappa shape index (κ1) is 11.6. The van der Waals surface area contributed by atoms with Crippen LogP contribution in [0.15, 0.2) is 24.3 Å². The van der Waals surface area contributed by atoms with Crippen LogP contribution >= 0.6 is 15.9 Å². The molecule has 1 aromatic rings. The number of carbonyl (C=O) groups is 1. The van der Waals surface area contributed by atoms with Gasteiger partial charge in [-0.15, -0.1) is 0 Å². The second kappa shape index (κ2) is 5.48. The molecule has 1 atom stereocenters. The van der Waals surface area contributed by atoms with Gasteiger partial charge in [-0.05, 0) is 43.4 Å². The topological polar surface area (TPSA) is 26.3 Å². The molecule has 0 bridgehead atoms. The largest absolute Gasteiger partial charge is 0.490 e. The van der Waals surface area contributed by atoms with E-state index in [1.807, 2.05) is 24.3 Å². The molecule has 2 nitrogen and oxygen atoms in total. The molecular formula is C13H15BrO2. The van der Waals surface area contributed by atoms with Gasteiger partial charge in [0.2, 0.25) is 0 Å². The average molecular weight is 283 g/mol. The van der Waals surface area contributed by atoms with Crippen molar-refractivity contribution in [2.75, 3.05) is 0 Å². The quantitative estimate of drug-likeness (QED) is 0.623. The van der Waals surface area contributed by atoms with Gasteiger partial charge in [0.05, 0.1) is 10.9 Å². The fraction of sp³-hybridized carbons (Fsp3) is 0.462. The number of rotatable bonds is 4. The number of alkyl halides is 1. The number of carbonyl (C=O) groups excluding carboxylic acids is 1. The van der Waals surface area contributed by atoms with Gasteiger partial charge in [0.15, 0.2) is 0 Å². The number of hydrogen-bond acceptors (Lipinski definition) is 2. The Balaban J connectivity index is 1.98. The van der Waals surface area contributed by atoms with E-state index in [0.29, 0.717) is 6.10 Å². The van der Waals surface area contributed by atoms with Crippen molar-refractivity contribution < 1.29 is 9.53 Å². The van der Waals surface area contributed by atoms with Gasteiger partial charge < -0.3 is 9.53 Å². The Bertz CT molecular complexity index is 341. The zero-order chi connectivity index (χ0) is 11.4. The van der Waals surface area contributed by atoms with Crippen molar-refractivity contribution in [1.29, 1.82) is 0 Å². The highest BCUT2D eigenvalue weighted by molar-refractivity contribution is 9.09. The molecule has 0 spiro atoms. The van der Waals surface area contributed by atoms with Gasteiger partial charge in [-0.25, -0.2) is 0 Å². The highest BCUT2D eigenvalue weighted by Gasteiger charge is 2.16. The summed E-state index contributed by atoms with van der Waals surface area (Å²) >= 11 is 3.29. The summed E-state index contributed by atoms with van der Waals surface area (Å²) in [5, 5.41) is 0. The van der Waals surface area contributed by atoms with E-state index in [-0.39, 0.29) is 4.83 Å². The maximum atomic E-state index is 10.6. The summed E-state index contributed by atoms with van der Waals surface area (Å²) in [4.78, 5) is 10.4. The minimum absolute atomic E-state index is 0.215. The molecule has 1 fully saturated rings. The summed E-state index contributed by atoms with van der Waals surface area (Å²) < 4.78 is 5.84. The predicted molar refractivity (Wildman–Crippen MR) is 67.1 cm³/mol. The van der Waals surface area contributed by atoms with Crippen LogP contribution in [0.4, 0.5) is 0 Å². The van der Waals surface area contributed by atoms with Gasteiger partial charge in [-0.3, -0.25) is 0 Å². The number of ether oxygens (including phenoxy) is 1. The molecule has 1 aliphatic rings. The molecule has 0 radical (unpaired) electrons. The van der Waals surface area contributed by atoms with Gasteiger partial charge in [0.25, 0.3) is 0 Å². The lowest BCUT2D eigenvalue weighted by Gasteiger charge is -2.13. The van der Waals surface area contributed by atoms with Crippen molar-refractivity contribution in [3.8, 4) is 5.75 Å². The van der Waals surface area contributed by atoms with Crippen LogP contribution in [0.1, 0.15) is 36.1 Å². The van der Waals surface area contributed by atoms with Gasteiger partial charge in [0, 0.05) is 0 Å². The fourth-order valence-corrected chi connectivity index (χ4v) is 2.31. The molecule has 1 aliphatic carbocycles. The second-order valence-corrected chi connectivity index (χ2v) is 5.12. The van der Waals surface area contributed by atoms with Crippen molar-refractivity contribution in [2.24, 2.45) is 0 Å². The lowest BCUT2D eigenvalue weighted by Crippen LogP contribution is -2.10. The van der Waals surface area contributed by atoms with Crippen molar-refractivity contribution in [1.82, 2.24) is 0 Å². The monoisotopic (exact) mass is 282 g/mol. The highest BCUT2D eigenvalue weighted by Crippen LogP contribution is 2.26. The van der Waals surface area contributed by atoms with Crippen LogP contribution in [0.3, 0.4) is 0 Å². The molecule has 0 N–H and O–H groups in total. The zero-order valence-electron chi connectivity index (χ0n) is 9.06. The number of aldehydes is 1. The van der Waals surface area contributed by atoms with Crippen LogP contribution < -0.4 is 4.74 Å². The summed E-state index contributed by atoms with van der Waals surface area (Å²) in [6.07, 6.45) is 6.15. The van der Waals surface area contributed by atoms with Gasteiger partial charge in [-0.1, -0.05) is 28.1 Å². The van der Waals surface area contributed by atoms with Crippen LogP contribution in [0, 0.1) is 0 Å². The molecule has 0 saturated heterocycles. The molecule has 0 amide bonds. The van der Waals surface area contributed by atoms with E-state index < -0.39 is 0 Å². The Labute approximate surface area is 104 Å². The Morgan fingerprint density at radius 2 is 1.88 bits per heavy atom. The van der Waals surface area contributed by atoms with E-state index in [9.17, 15) is 4.79 Å². The molecule has 0 aromatic heterocycles. The molecule has 16 heavy (non-hydrogen) atoms. The van der Waals surface area contributed by atoms with Crippen LogP contribution in [-0.4, -0.2) is 12.4 Å². The first-order chi connectivity index (χ1) is 7.79. The SMILES string of the molecule is O=CC(Br)c1ccc(OC2CCCC2)cc1. The zero-order valence-corrected chi connectivity index (χ0v) is 10.7. The Hall–Kier alpha value is -0.830. The summed E-state index contributed by atoms with van der Waals surface area (Å²) in [7, 11) is 0. The van der Waals surface area contributed by atoms with Gasteiger partial charge in [0.1, 0.15) is 12.0 Å². The maximum absolute atomic E-state index is 10.6. The number of hydrogen-bond donors (Lipinski definition) is 0. The standard InChI is InChI=1S/C13H15BrO2/c14-13(9-15)10-5-7-12(8-6-10)16-11-3-1-2-4-11/h5-9,11,13H,1-4H2. The summed E-state index contributed by atoms with van der Waals surface area (Å²) in [5.41, 5.74) is 0.966. The van der Waals surface area contributed by atoms with Crippen molar-refractivity contribution in [3.63, 3.8) is 0 Å². The fourth-order valence-electron chi connectivity index (χ4n) is 2.01. The predicted octanol–water partition coefficient (Wildman–Crippen LogP) is 3.64. The smallest absolute Gasteiger partial charge is 0.138 e.